The van der Waals surface area contributed by atoms with E-state index >= 15 is 0 Å². The first kappa shape index (κ1) is 7.83. The SMILES string of the molecule is CCCCOP1OC=CO1. The summed E-state index contributed by atoms with van der Waals surface area (Å²) in [4.78, 5) is 0. The predicted octanol–water partition coefficient (Wildman–Crippen LogP) is 2.55. The Labute approximate surface area is 62.0 Å². The van der Waals surface area contributed by atoms with Crippen LogP contribution in [0.5, 0.6) is 0 Å². The van der Waals surface area contributed by atoms with Crippen LogP contribution in [0, 0.1) is 0 Å². The highest BCUT2D eigenvalue weighted by molar-refractivity contribution is 7.42. The van der Waals surface area contributed by atoms with E-state index < -0.39 is 8.60 Å². The molecule has 1 aliphatic rings. The Morgan fingerprint density at radius 3 is 2.70 bits per heavy atom. The van der Waals surface area contributed by atoms with Gasteiger partial charge in [0.05, 0.1) is 6.61 Å². The predicted molar refractivity (Wildman–Crippen MR) is 39.1 cm³/mol. The zero-order chi connectivity index (χ0) is 7.23. The van der Waals surface area contributed by atoms with Gasteiger partial charge in [-0.15, -0.1) is 0 Å². The van der Waals surface area contributed by atoms with E-state index in [0.717, 1.165) is 19.4 Å². The van der Waals surface area contributed by atoms with E-state index in [0.29, 0.717) is 0 Å². The van der Waals surface area contributed by atoms with Crippen LogP contribution in [0.15, 0.2) is 12.5 Å². The topological polar surface area (TPSA) is 27.7 Å². The average molecular weight is 162 g/mol. The Morgan fingerprint density at radius 2 is 2.10 bits per heavy atom. The highest BCUT2D eigenvalue weighted by Crippen LogP contribution is 2.43. The van der Waals surface area contributed by atoms with Gasteiger partial charge in [0.1, 0.15) is 12.5 Å². The molecule has 0 saturated carbocycles. The van der Waals surface area contributed by atoms with Crippen molar-refractivity contribution in [3.63, 3.8) is 0 Å². The summed E-state index contributed by atoms with van der Waals surface area (Å²) >= 11 is 0. The fraction of sp³-hybridized carbons (Fsp3) is 0.667. The number of hydrogen-bond donors (Lipinski definition) is 0. The summed E-state index contributed by atoms with van der Waals surface area (Å²) in [5.74, 6) is 0. The third-order valence-electron chi connectivity index (χ3n) is 1.04. The maximum atomic E-state index is 5.20. The van der Waals surface area contributed by atoms with Crippen LogP contribution in [0.1, 0.15) is 19.8 Å². The first-order chi connectivity index (χ1) is 4.93. The molecule has 58 valence electrons. The lowest BCUT2D eigenvalue weighted by Crippen LogP contribution is -1.87. The van der Waals surface area contributed by atoms with Crippen LogP contribution in [-0.4, -0.2) is 6.61 Å². The van der Waals surface area contributed by atoms with Crippen molar-refractivity contribution in [2.45, 2.75) is 19.8 Å². The highest BCUT2D eigenvalue weighted by atomic mass is 31.2. The molecule has 3 nitrogen and oxygen atoms in total. The van der Waals surface area contributed by atoms with Crippen LogP contribution < -0.4 is 0 Å². The molecule has 1 aliphatic heterocycles. The van der Waals surface area contributed by atoms with Crippen molar-refractivity contribution in [2.24, 2.45) is 0 Å². The van der Waals surface area contributed by atoms with Crippen molar-refractivity contribution in [1.82, 2.24) is 0 Å². The van der Waals surface area contributed by atoms with Gasteiger partial charge in [0.15, 0.2) is 0 Å². The third-order valence-corrected chi connectivity index (χ3v) is 2.03. The maximum Gasteiger partial charge on any atom is 0.462 e. The van der Waals surface area contributed by atoms with Gasteiger partial charge < -0.3 is 9.05 Å². The van der Waals surface area contributed by atoms with E-state index in [1.54, 1.807) is 0 Å². The lowest BCUT2D eigenvalue weighted by molar-refractivity contribution is 0.253. The molecule has 0 amide bonds. The molecule has 0 atom stereocenters. The molecule has 0 unspecified atom stereocenters. The monoisotopic (exact) mass is 162 g/mol. The molecule has 0 fully saturated rings. The standard InChI is InChI=1S/C6H11O3P/c1-2-3-4-7-10-8-5-6-9-10/h5-6H,2-4H2,1H3. The van der Waals surface area contributed by atoms with Crippen LogP contribution in [0.4, 0.5) is 0 Å². The summed E-state index contributed by atoms with van der Waals surface area (Å²) in [5.41, 5.74) is 0. The molecule has 0 aromatic rings. The van der Waals surface area contributed by atoms with Gasteiger partial charge in [0, 0.05) is 0 Å². The van der Waals surface area contributed by atoms with Crippen LogP contribution in [0.25, 0.3) is 0 Å². The van der Waals surface area contributed by atoms with E-state index in [1.165, 1.54) is 12.5 Å². The van der Waals surface area contributed by atoms with Crippen molar-refractivity contribution in [1.29, 1.82) is 0 Å². The van der Waals surface area contributed by atoms with Crippen LogP contribution in [-0.2, 0) is 13.6 Å². The van der Waals surface area contributed by atoms with Crippen molar-refractivity contribution >= 4 is 8.60 Å². The second-order valence-electron chi connectivity index (χ2n) is 1.89. The molecule has 0 spiro atoms. The van der Waals surface area contributed by atoms with E-state index in [1.807, 2.05) is 0 Å². The van der Waals surface area contributed by atoms with Gasteiger partial charge >= 0.3 is 8.60 Å². The summed E-state index contributed by atoms with van der Waals surface area (Å²) in [6.45, 7) is 2.84. The van der Waals surface area contributed by atoms with Gasteiger partial charge in [-0.1, -0.05) is 13.3 Å². The molecule has 10 heavy (non-hydrogen) atoms. The van der Waals surface area contributed by atoms with Gasteiger partial charge in [-0.25, -0.2) is 0 Å². The number of unbranched alkanes of at least 4 members (excludes halogenated alkanes) is 1. The summed E-state index contributed by atoms with van der Waals surface area (Å²) in [5, 5.41) is 0. The Hall–Kier alpha value is -0.270. The molecule has 0 aromatic heterocycles. The van der Waals surface area contributed by atoms with E-state index in [4.69, 9.17) is 13.6 Å². The molecule has 0 N–H and O–H groups in total. The number of rotatable bonds is 4. The minimum absolute atomic E-state index is 0.726. The van der Waals surface area contributed by atoms with Crippen molar-refractivity contribution < 1.29 is 13.6 Å². The zero-order valence-corrected chi connectivity index (χ0v) is 6.84. The molecule has 0 aliphatic carbocycles. The summed E-state index contributed by atoms with van der Waals surface area (Å²) in [7, 11) is -1.07. The molecule has 1 heterocycles. The molecule has 0 aromatic carbocycles. The maximum absolute atomic E-state index is 5.20. The molecule has 4 heteroatoms. The van der Waals surface area contributed by atoms with Gasteiger partial charge in [-0.05, 0) is 6.42 Å². The van der Waals surface area contributed by atoms with Gasteiger partial charge in [0.25, 0.3) is 0 Å². The summed E-state index contributed by atoms with van der Waals surface area (Å²) in [6.07, 6.45) is 5.22. The Bertz CT molecular complexity index is 108. The lowest BCUT2D eigenvalue weighted by Gasteiger charge is -2.05. The van der Waals surface area contributed by atoms with Gasteiger partial charge in [0.2, 0.25) is 0 Å². The molecule has 1 rings (SSSR count). The zero-order valence-electron chi connectivity index (χ0n) is 5.95. The van der Waals surface area contributed by atoms with Crippen LogP contribution >= 0.6 is 8.60 Å². The Balaban J connectivity index is 1.93. The van der Waals surface area contributed by atoms with Crippen molar-refractivity contribution in [3.8, 4) is 0 Å². The minimum atomic E-state index is -1.07. The Morgan fingerprint density at radius 1 is 1.40 bits per heavy atom. The van der Waals surface area contributed by atoms with Gasteiger partial charge in [-0.3, -0.25) is 4.52 Å². The summed E-state index contributed by atoms with van der Waals surface area (Å²) < 4.78 is 15.1. The largest absolute Gasteiger partial charge is 0.462 e. The van der Waals surface area contributed by atoms with Crippen molar-refractivity contribution in [3.05, 3.63) is 12.5 Å². The van der Waals surface area contributed by atoms with E-state index in [-0.39, 0.29) is 0 Å². The molecular weight excluding hydrogens is 151 g/mol. The molecular formula is C6H11O3P. The summed E-state index contributed by atoms with van der Waals surface area (Å²) in [6, 6.07) is 0. The second-order valence-corrected chi connectivity index (χ2v) is 3.02. The van der Waals surface area contributed by atoms with Gasteiger partial charge in [-0.2, -0.15) is 0 Å². The third kappa shape index (κ3) is 2.54. The fourth-order valence-corrected chi connectivity index (χ4v) is 1.27. The normalized spacial score (nSPS) is 16.9. The van der Waals surface area contributed by atoms with Crippen molar-refractivity contribution in [2.75, 3.05) is 6.61 Å². The highest BCUT2D eigenvalue weighted by Gasteiger charge is 2.15. The van der Waals surface area contributed by atoms with Crippen LogP contribution in [0.3, 0.4) is 0 Å². The first-order valence-corrected chi connectivity index (χ1v) is 4.44. The minimum Gasteiger partial charge on any atom is -0.422 e. The average Bonchev–Trinajstić information content (AvgIpc) is 2.41. The van der Waals surface area contributed by atoms with Crippen LogP contribution in [0.2, 0.25) is 0 Å². The molecule has 0 bridgehead atoms. The number of hydrogen-bond acceptors (Lipinski definition) is 3. The smallest absolute Gasteiger partial charge is 0.422 e. The van der Waals surface area contributed by atoms with E-state index in [9.17, 15) is 0 Å². The molecule has 0 radical (unpaired) electrons. The Kier molecular flexibility index (Phi) is 3.55. The molecule has 0 saturated heterocycles. The second kappa shape index (κ2) is 4.53. The lowest BCUT2D eigenvalue weighted by atomic mass is 10.4. The first-order valence-electron chi connectivity index (χ1n) is 3.35. The fourth-order valence-electron chi connectivity index (χ4n) is 0.518. The van der Waals surface area contributed by atoms with E-state index in [2.05, 4.69) is 6.92 Å². The quantitative estimate of drug-likeness (QED) is 0.469.